The third-order valence-corrected chi connectivity index (χ3v) is 6.69. The van der Waals surface area contributed by atoms with E-state index in [2.05, 4.69) is 22.8 Å². The Kier molecular flexibility index (Phi) is 7.91. The first-order valence-corrected chi connectivity index (χ1v) is 12.8. The van der Waals surface area contributed by atoms with E-state index in [1.165, 1.54) is 5.56 Å². The van der Waals surface area contributed by atoms with Gasteiger partial charge in [-0.1, -0.05) is 0 Å². The molecule has 34 heavy (non-hydrogen) atoms. The van der Waals surface area contributed by atoms with Gasteiger partial charge in [-0.3, -0.25) is 0 Å². The second kappa shape index (κ2) is 11.3. The topological polar surface area (TPSA) is 87.7 Å². The summed E-state index contributed by atoms with van der Waals surface area (Å²) in [6.45, 7) is 0. The quantitative estimate of drug-likeness (QED) is 0.285. The number of ether oxygens (including phenoxy) is 1. The molecule has 7 heteroatoms. The van der Waals surface area contributed by atoms with Gasteiger partial charge >= 0.3 is 210 Å². The molecule has 6 nitrogen and oxygen atoms in total. The second-order valence-electron chi connectivity index (χ2n) is 8.26. The van der Waals surface area contributed by atoms with E-state index in [4.69, 9.17) is 4.74 Å². The zero-order chi connectivity index (χ0) is 23.9. The first-order valence-electron chi connectivity index (χ1n) is 11.3. The normalized spacial score (nSPS) is 12.4. The number of aryl methyl sites for hydroxylation is 2. The van der Waals surface area contributed by atoms with Crippen LogP contribution in [0.15, 0.2) is 66.7 Å². The number of rotatable bonds is 8. The van der Waals surface area contributed by atoms with Crippen molar-refractivity contribution in [1.82, 2.24) is 0 Å². The van der Waals surface area contributed by atoms with Crippen LogP contribution in [0.3, 0.4) is 0 Å². The average Bonchev–Trinajstić information content (AvgIpc) is 2.82. The van der Waals surface area contributed by atoms with E-state index in [-0.39, 0.29) is 11.7 Å². The molecule has 1 heterocycles. The van der Waals surface area contributed by atoms with E-state index >= 15 is 0 Å². The summed E-state index contributed by atoms with van der Waals surface area (Å²) in [4.78, 5) is 23.8. The van der Waals surface area contributed by atoms with Gasteiger partial charge in [-0.15, -0.1) is 0 Å². The summed E-state index contributed by atoms with van der Waals surface area (Å²) in [6, 6.07) is 21.1. The molecule has 0 aliphatic carbocycles. The predicted octanol–water partition coefficient (Wildman–Crippen LogP) is 5.58. The van der Waals surface area contributed by atoms with Crippen molar-refractivity contribution in [3.05, 3.63) is 77.9 Å². The van der Waals surface area contributed by atoms with Gasteiger partial charge in [-0.05, 0) is 0 Å². The van der Waals surface area contributed by atoms with Gasteiger partial charge in [0, 0.05) is 0 Å². The molecule has 3 N–H and O–H groups in total. The van der Waals surface area contributed by atoms with Crippen LogP contribution in [0.1, 0.15) is 36.8 Å². The summed E-state index contributed by atoms with van der Waals surface area (Å²) >= 11 is 1.13. The van der Waals surface area contributed by atoms with E-state index in [9.17, 15) is 14.7 Å². The van der Waals surface area contributed by atoms with Crippen molar-refractivity contribution in [1.29, 1.82) is 0 Å². The summed E-state index contributed by atoms with van der Waals surface area (Å²) in [5, 5.41) is 15.3. The maximum absolute atomic E-state index is 12.3. The Bertz CT molecular complexity index is 1220. The molecule has 3 aromatic rings. The number of carbonyl (C=O) groups is 2. The summed E-state index contributed by atoms with van der Waals surface area (Å²) < 4.78 is 6.20. The number of aromatic hydroxyl groups is 1. The molecule has 0 saturated carbocycles. The molecule has 174 valence electrons. The molecule has 0 radical (unpaired) electrons. The number of hydrogen-bond donors (Lipinski definition) is 3. The molecular weight excluding hydrogens is 600 g/mol. The maximum atomic E-state index is 12.3. The van der Waals surface area contributed by atoms with Crippen LogP contribution in [0.25, 0.3) is 11.1 Å². The molecule has 0 spiro atoms. The number of phenols is 1. The van der Waals surface area contributed by atoms with Crippen molar-refractivity contribution in [2.45, 2.75) is 38.5 Å². The van der Waals surface area contributed by atoms with Crippen molar-refractivity contribution < 1.29 is 38.8 Å². The van der Waals surface area contributed by atoms with Gasteiger partial charge in [-0.2, -0.15) is 0 Å². The molecule has 0 saturated heterocycles. The van der Waals surface area contributed by atoms with E-state index in [1.54, 1.807) is 18.2 Å². The van der Waals surface area contributed by atoms with Crippen LogP contribution in [0, 0.1) is 0 Å². The minimum absolute atomic E-state index is 0.00825. The Hall–Kier alpha value is -3.24. The van der Waals surface area contributed by atoms with Crippen LogP contribution >= 0.6 is 0 Å². The van der Waals surface area contributed by atoms with Gasteiger partial charge in [-0.25, -0.2) is 0 Å². The van der Waals surface area contributed by atoms with Gasteiger partial charge < -0.3 is 0 Å². The molecule has 0 atom stereocenters. The molecule has 3 aromatic carbocycles. The Morgan fingerprint density at radius 2 is 1.79 bits per heavy atom. The van der Waals surface area contributed by atoms with E-state index in [0.29, 0.717) is 18.5 Å². The Labute approximate surface area is 209 Å². The first kappa shape index (κ1) is 23.9. The number of unbranched alkanes of at least 4 members (excludes halogenated alkanes) is 1. The predicted molar refractivity (Wildman–Crippen MR) is 130 cm³/mol. The molecule has 0 bridgehead atoms. The van der Waals surface area contributed by atoms with Crippen LogP contribution in [0.5, 0.6) is 5.75 Å². The van der Waals surface area contributed by atoms with Gasteiger partial charge in [0.25, 0.3) is 0 Å². The molecule has 4 rings (SSSR count). The summed E-state index contributed by atoms with van der Waals surface area (Å²) in [5.74, 6) is 0.255. The number of nitrogens with one attached hydrogen (secondary N) is 2. The monoisotopic (exact) mass is 626 g/mol. The number of benzene rings is 3. The standard InChI is InChI=1S/C27H26N2O4.W/c30-24-10-5-9-22(17-24)21-8-4-7-19(16-21)6-2-1-3-15-33-27(32)28-23-13-11-20-12-14-26(31)29-25(20)18-23;/h4-5,7-11,13,16-18,30H,1-3,6,12,14H2,(H,28,32)(H,29,31);. The fourth-order valence-corrected chi connectivity index (χ4v) is 4.73. The van der Waals surface area contributed by atoms with Crippen LogP contribution in [-0.2, 0) is 41.7 Å². The fourth-order valence-electron chi connectivity index (χ4n) is 3.94. The van der Waals surface area contributed by atoms with Crippen LogP contribution in [-0.4, -0.2) is 21.2 Å². The zero-order valence-corrected chi connectivity index (χ0v) is 21.6. The van der Waals surface area contributed by atoms with Crippen molar-refractivity contribution >= 4 is 27.5 Å². The second-order valence-corrected chi connectivity index (χ2v) is 9.90. The van der Waals surface area contributed by atoms with Gasteiger partial charge in [0.05, 0.1) is 0 Å². The number of phenolic OH excluding ortho intramolecular Hbond substituents is 1. The Morgan fingerprint density at radius 1 is 1.00 bits per heavy atom. The van der Waals surface area contributed by atoms with E-state index in [1.807, 2.05) is 36.4 Å². The average molecular weight is 626 g/mol. The van der Waals surface area contributed by atoms with Gasteiger partial charge in [0.15, 0.2) is 0 Å². The Morgan fingerprint density at radius 3 is 2.62 bits per heavy atom. The zero-order valence-electron chi connectivity index (χ0n) is 18.7. The van der Waals surface area contributed by atoms with Crippen LogP contribution in [0.4, 0.5) is 16.2 Å². The molecule has 0 fully saturated rings. The summed E-state index contributed by atoms with van der Waals surface area (Å²) in [6.07, 6.45) is 4.26. The molecule has 0 aromatic heterocycles. The first-order chi connectivity index (χ1) is 16.5. The number of anilines is 2. The third kappa shape index (κ3) is 6.64. The van der Waals surface area contributed by atoms with Gasteiger partial charge in [0.1, 0.15) is 0 Å². The van der Waals surface area contributed by atoms with Crippen molar-refractivity contribution in [3.63, 3.8) is 0 Å². The number of amides is 2. The molecule has 0 unspecified atom stereocenters. The van der Waals surface area contributed by atoms with Crippen molar-refractivity contribution in [3.8, 4) is 16.9 Å². The third-order valence-electron chi connectivity index (χ3n) is 5.66. The SMILES string of the molecule is O=C1CCc2ccc(NC(=O)O[C](=[W])CCCCc3cccc(-c4cccc(O)c4)c3)cc2N1. The fraction of sp³-hybridized carbons (Fsp3) is 0.222. The number of carbonyl (C=O) groups excluding carboxylic acids is 2. The number of fused-ring (bicyclic) bond motifs is 1. The van der Waals surface area contributed by atoms with E-state index in [0.717, 1.165) is 71.5 Å². The Balaban J connectivity index is 1.20. The van der Waals surface area contributed by atoms with Crippen molar-refractivity contribution in [2.75, 3.05) is 10.6 Å². The number of hydrogen-bond acceptors (Lipinski definition) is 4. The molecule has 1 aliphatic rings. The van der Waals surface area contributed by atoms with Crippen LogP contribution in [0.2, 0.25) is 0 Å². The van der Waals surface area contributed by atoms with E-state index < -0.39 is 6.09 Å². The van der Waals surface area contributed by atoms with Crippen LogP contribution < -0.4 is 10.6 Å². The minimum atomic E-state index is -0.508. The summed E-state index contributed by atoms with van der Waals surface area (Å²) in [7, 11) is 0. The molecule has 1 aliphatic heterocycles. The molecule has 2 amide bonds. The summed E-state index contributed by atoms with van der Waals surface area (Å²) in [5.41, 5.74) is 5.73. The van der Waals surface area contributed by atoms with Gasteiger partial charge in [0.2, 0.25) is 0 Å². The molecular formula is C27H26N2O4W. The van der Waals surface area contributed by atoms with Crippen molar-refractivity contribution in [2.24, 2.45) is 0 Å².